The van der Waals surface area contributed by atoms with E-state index in [0.717, 1.165) is 31.7 Å². The van der Waals surface area contributed by atoms with Crippen molar-refractivity contribution in [2.24, 2.45) is 5.10 Å². The molecule has 9 heteroatoms. The number of aromatic nitrogens is 3. The zero-order valence-electron chi connectivity index (χ0n) is 16.6. The number of thioether (sulfide) groups is 1. The molecule has 1 aromatic heterocycles. The Kier molecular flexibility index (Phi) is 6.08. The Morgan fingerprint density at radius 2 is 1.93 bits per heavy atom. The van der Waals surface area contributed by atoms with Crippen molar-refractivity contribution in [2.45, 2.75) is 30.7 Å². The van der Waals surface area contributed by atoms with Crippen LogP contribution in [0, 0.1) is 17.0 Å². The summed E-state index contributed by atoms with van der Waals surface area (Å²) < 4.78 is 1.66. The first-order chi connectivity index (χ1) is 14.6. The fourth-order valence-electron chi connectivity index (χ4n) is 3.40. The Labute approximate surface area is 178 Å². The number of nitro groups is 1. The lowest BCUT2D eigenvalue weighted by atomic mass is 10.1. The van der Waals surface area contributed by atoms with Gasteiger partial charge in [-0.2, -0.15) is 9.78 Å². The Balaban J connectivity index is 1.54. The van der Waals surface area contributed by atoms with E-state index < -0.39 is 0 Å². The van der Waals surface area contributed by atoms with E-state index in [9.17, 15) is 10.1 Å². The monoisotopic (exact) mass is 422 g/mol. The van der Waals surface area contributed by atoms with E-state index in [1.54, 1.807) is 28.7 Å². The number of aryl methyl sites for hydroxylation is 1. The molecule has 1 fully saturated rings. The predicted molar refractivity (Wildman–Crippen MR) is 118 cm³/mol. The second-order valence-corrected chi connectivity index (χ2v) is 8.00. The topological polar surface area (TPSA) is 89.5 Å². The van der Waals surface area contributed by atoms with Crippen LogP contribution < -0.4 is 4.90 Å². The molecule has 1 aliphatic rings. The summed E-state index contributed by atoms with van der Waals surface area (Å²) in [6.07, 6.45) is 3.75. The van der Waals surface area contributed by atoms with Gasteiger partial charge < -0.3 is 4.90 Å². The number of benzene rings is 2. The van der Waals surface area contributed by atoms with Gasteiger partial charge in [-0.25, -0.2) is 0 Å². The highest BCUT2D eigenvalue weighted by Gasteiger charge is 2.22. The average Bonchev–Trinajstić information content (AvgIpc) is 3.41. The maximum Gasteiger partial charge on any atom is 0.293 e. The van der Waals surface area contributed by atoms with Gasteiger partial charge in [0.05, 0.1) is 11.1 Å². The van der Waals surface area contributed by atoms with Crippen molar-refractivity contribution in [1.82, 2.24) is 14.9 Å². The van der Waals surface area contributed by atoms with Crippen molar-refractivity contribution in [3.63, 3.8) is 0 Å². The maximum atomic E-state index is 11.6. The van der Waals surface area contributed by atoms with Crippen LogP contribution in [0.4, 0.5) is 11.4 Å². The molecule has 0 bridgehead atoms. The van der Waals surface area contributed by atoms with Gasteiger partial charge in [0.1, 0.15) is 5.69 Å². The normalized spacial score (nSPS) is 14.0. The molecule has 3 aromatic rings. The summed E-state index contributed by atoms with van der Waals surface area (Å²) in [7, 11) is 0. The number of hydrogen-bond acceptors (Lipinski definition) is 7. The minimum atomic E-state index is -0.323. The van der Waals surface area contributed by atoms with E-state index >= 15 is 0 Å². The van der Waals surface area contributed by atoms with Crippen LogP contribution in [0.1, 0.15) is 29.8 Å². The highest BCUT2D eigenvalue weighted by molar-refractivity contribution is 7.98. The molecule has 0 saturated carbocycles. The molecule has 0 spiro atoms. The van der Waals surface area contributed by atoms with Gasteiger partial charge in [-0.1, -0.05) is 48.2 Å². The lowest BCUT2D eigenvalue weighted by molar-refractivity contribution is -0.384. The van der Waals surface area contributed by atoms with Crippen LogP contribution in [0.2, 0.25) is 0 Å². The highest BCUT2D eigenvalue weighted by Crippen LogP contribution is 2.31. The fourth-order valence-corrected chi connectivity index (χ4v) is 4.29. The van der Waals surface area contributed by atoms with Crippen molar-refractivity contribution in [2.75, 3.05) is 18.0 Å². The summed E-state index contributed by atoms with van der Waals surface area (Å²) in [4.78, 5) is 13.3. The van der Waals surface area contributed by atoms with E-state index in [2.05, 4.69) is 32.3 Å². The van der Waals surface area contributed by atoms with Crippen LogP contribution >= 0.6 is 11.8 Å². The van der Waals surface area contributed by atoms with Crippen molar-refractivity contribution in [1.29, 1.82) is 0 Å². The van der Waals surface area contributed by atoms with E-state index in [-0.39, 0.29) is 10.6 Å². The van der Waals surface area contributed by atoms with E-state index in [0.29, 0.717) is 22.2 Å². The summed E-state index contributed by atoms with van der Waals surface area (Å²) in [6.45, 7) is 3.54. The van der Waals surface area contributed by atoms with Crippen molar-refractivity contribution >= 4 is 29.4 Å². The molecule has 0 atom stereocenters. The fraction of sp³-hybridized carbons (Fsp3) is 0.286. The summed E-state index contributed by atoms with van der Waals surface area (Å²) >= 11 is 1.54. The van der Waals surface area contributed by atoms with Crippen molar-refractivity contribution in [3.8, 4) is 0 Å². The summed E-state index contributed by atoms with van der Waals surface area (Å²) in [6, 6.07) is 15.4. The molecule has 8 nitrogen and oxygen atoms in total. The average molecular weight is 423 g/mol. The quantitative estimate of drug-likeness (QED) is 0.244. The molecule has 30 heavy (non-hydrogen) atoms. The summed E-state index contributed by atoms with van der Waals surface area (Å²) in [5.41, 5.74) is 2.64. The third-order valence-electron chi connectivity index (χ3n) is 4.94. The molecule has 2 heterocycles. The lowest BCUT2D eigenvalue weighted by Crippen LogP contribution is -2.19. The minimum Gasteiger partial charge on any atom is -0.366 e. The third-order valence-corrected chi connectivity index (χ3v) is 5.93. The first-order valence-electron chi connectivity index (χ1n) is 9.78. The van der Waals surface area contributed by atoms with Gasteiger partial charge in [-0.3, -0.25) is 10.1 Å². The molecule has 0 radical (unpaired) electrons. The second kappa shape index (κ2) is 9.08. The molecule has 0 aliphatic carbocycles. The van der Waals surface area contributed by atoms with E-state index in [4.69, 9.17) is 0 Å². The second-order valence-electron chi connectivity index (χ2n) is 7.06. The van der Waals surface area contributed by atoms with Crippen LogP contribution in [0.3, 0.4) is 0 Å². The first-order valence-corrected chi connectivity index (χ1v) is 10.8. The van der Waals surface area contributed by atoms with Crippen LogP contribution in [-0.4, -0.2) is 39.1 Å². The highest BCUT2D eigenvalue weighted by atomic mass is 32.2. The molecule has 1 saturated heterocycles. The van der Waals surface area contributed by atoms with E-state index in [1.807, 2.05) is 37.3 Å². The molecular weight excluding hydrogens is 400 g/mol. The van der Waals surface area contributed by atoms with Crippen LogP contribution in [0.25, 0.3) is 0 Å². The summed E-state index contributed by atoms with van der Waals surface area (Å²) in [5, 5.41) is 25.1. The third kappa shape index (κ3) is 4.51. The van der Waals surface area contributed by atoms with Gasteiger partial charge in [-0.05, 0) is 31.4 Å². The van der Waals surface area contributed by atoms with Gasteiger partial charge in [0.15, 0.2) is 5.82 Å². The Bertz CT molecular complexity index is 1060. The number of nitrogens with zero attached hydrogens (tertiary/aromatic N) is 6. The Hall–Kier alpha value is -3.20. The smallest absolute Gasteiger partial charge is 0.293 e. The number of hydrogen-bond donors (Lipinski definition) is 0. The summed E-state index contributed by atoms with van der Waals surface area (Å²) in [5.74, 6) is 1.41. The van der Waals surface area contributed by atoms with Crippen molar-refractivity contribution < 1.29 is 4.92 Å². The standard InChI is InChI=1S/C21H22N6O2S/c1-16-23-24-21(30-15-17-7-3-2-4-8-17)26(16)22-14-18-9-10-19(20(13-18)27(28)29)25-11-5-6-12-25/h2-4,7-10,13-14H,5-6,11-12,15H2,1H3. The molecule has 0 unspecified atom stereocenters. The van der Waals surface area contributed by atoms with Crippen LogP contribution in [0.15, 0.2) is 58.8 Å². The Morgan fingerprint density at radius 3 is 2.67 bits per heavy atom. The van der Waals surface area contributed by atoms with Crippen LogP contribution in [0.5, 0.6) is 0 Å². The molecule has 0 N–H and O–H groups in total. The molecule has 1 aliphatic heterocycles. The van der Waals surface area contributed by atoms with Gasteiger partial charge in [0.25, 0.3) is 5.69 Å². The maximum absolute atomic E-state index is 11.6. The minimum absolute atomic E-state index is 0.111. The number of anilines is 1. The molecule has 0 amide bonds. The SMILES string of the molecule is Cc1nnc(SCc2ccccc2)n1N=Cc1ccc(N2CCCC2)c([N+](=O)[O-])c1. The van der Waals surface area contributed by atoms with Crippen molar-refractivity contribution in [3.05, 3.63) is 75.6 Å². The molecule has 2 aromatic carbocycles. The van der Waals surface area contributed by atoms with Gasteiger partial charge in [0.2, 0.25) is 5.16 Å². The van der Waals surface area contributed by atoms with Gasteiger partial charge in [0, 0.05) is 30.5 Å². The Morgan fingerprint density at radius 1 is 1.17 bits per heavy atom. The largest absolute Gasteiger partial charge is 0.366 e. The zero-order chi connectivity index (χ0) is 20.9. The van der Waals surface area contributed by atoms with Crippen LogP contribution in [-0.2, 0) is 5.75 Å². The van der Waals surface area contributed by atoms with Gasteiger partial charge >= 0.3 is 0 Å². The molecular formula is C21H22N6O2S. The number of rotatable bonds is 7. The molecule has 154 valence electrons. The van der Waals surface area contributed by atoms with Gasteiger partial charge in [-0.15, -0.1) is 10.2 Å². The number of nitro benzene ring substituents is 1. The van der Waals surface area contributed by atoms with E-state index in [1.165, 1.54) is 5.56 Å². The zero-order valence-corrected chi connectivity index (χ0v) is 17.5. The first kappa shape index (κ1) is 20.1. The lowest BCUT2D eigenvalue weighted by Gasteiger charge is -2.17. The molecule has 4 rings (SSSR count). The predicted octanol–water partition coefficient (Wildman–Crippen LogP) is 4.27.